The van der Waals surface area contributed by atoms with E-state index in [0.29, 0.717) is 4.90 Å². The number of anilines is 1. The molecule has 1 heterocycles. The van der Waals surface area contributed by atoms with Gasteiger partial charge in [-0.1, -0.05) is 58.5 Å². The Bertz CT molecular complexity index is 1190. The minimum absolute atomic E-state index is 0.263. The summed E-state index contributed by atoms with van der Waals surface area (Å²) in [5.41, 5.74) is -2.35. The summed E-state index contributed by atoms with van der Waals surface area (Å²) >= 11 is 23.9. The fourth-order valence-corrected chi connectivity index (χ4v) is 4.12. The normalized spacial score (nSPS) is 14.2. The van der Waals surface area contributed by atoms with Crippen molar-refractivity contribution in [3.8, 4) is 0 Å². The van der Waals surface area contributed by atoms with E-state index in [4.69, 9.17) is 51.1 Å². The van der Waals surface area contributed by atoms with Crippen LogP contribution < -0.4 is 5.32 Å². The molecule has 1 unspecified atom stereocenters. The van der Waals surface area contributed by atoms with Crippen LogP contribution in [-0.2, 0) is 20.5 Å². The molecule has 1 aliphatic rings. The number of halogens is 7. The van der Waals surface area contributed by atoms with Gasteiger partial charge in [0, 0.05) is 0 Å². The van der Waals surface area contributed by atoms with Crippen molar-refractivity contribution >= 4 is 75.8 Å². The van der Waals surface area contributed by atoms with Gasteiger partial charge in [0.05, 0.1) is 42.5 Å². The molecule has 3 rings (SSSR count). The number of nitrogens with one attached hydrogen (secondary N) is 1. The van der Waals surface area contributed by atoms with Gasteiger partial charge in [-0.2, -0.15) is 13.2 Å². The number of alkyl halides is 3. The van der Waals surface area contributed by atoms with Gasteiger partial charge >= 0.3 is 12.1 Å². The minimum atomic E-state index is -4.73. The summed E-state index contributed by atoms with van der Waals surface area (Å²) < 4.78 is 43.9. The average Bonchev–Trinajstić information content (AvgIpc) is 3.03. The molecular weight excluding hydrogens is 547 g/mol. The molecule has 0 aliphatic carbocycles. The minimum Gasteiger partial charge on any atom is -0.454 e. The Labute approximate surface area is 209 Å². The average molecular weight is 558 g/mol. The molecule has 7 nitrogen and oxygen atoms in total. The lowest BCUT2D eigenvalue weighted by molar-refractivity contribution is -0.150. The van der Waals surface area contributed by atoms with E-state index in [9.17, 15) is 32.3 Å². The zero-order valence-corrected chi connectivity index (χ0v) is 19.8. The number of carbonyl (C=O) groups is 4. The summed E-state index contributed by atoms with van der Waals surface area (Å²) in [6, 6.07) is 2.65. The molecule has 14 heteroatoms. The highest BCUT2D eigenvalue weighted by atomic mass is 35.5. The molecule has 0 bridgehead atoms. The van der Waals surface area contributed by atoms with Crippen LogP contribution in [0.15, 0.2) is 24.3 Å². The molecule has 2 aromatic carbocycles. The van der Waals surface area contributed by atoms with Crippen molar-refractivity contribution in [1.82, 2.24) is 4.90 Å². The maximum atomic E-state index is 13.0. The topological polar surface area (TPSA) is 92.8 Å². The van der Waals surface area contributed by atoms with Gasteiger partial charge in [0.25, 0.3) is 17.7 Å². The van der Waals surface area contributed by atoms with Crippen LogP contribution in [0.5, 0.6) is 0 Å². The predicted molar refractivity (Wildman–Crippen MR) is 117 cm³/mol. The van der Waals surface area contributed by atoms with E-state index in [-0.39, 0.29) is 31.2 Å². The van der Waals surface area contributed by atoms with Crippen LogP contribution in [-0.4, -0.2) is 41.2 Å². The molecular formula is C20H11Cl4F3N2O5. The van der Waals surface area contributed by atoms with Crippen LogP contribution in [0, 0.1) is 0 Å². The first-order valence-electron chi connectivity index (χ1n) is 9.13. The van der Waals surface area contributed by atoms with Crippen LogP contribution in [0.2, 0.25) is 20.1 Å². The lowest BCUT2D eigenvalue weighted by Crippen LogP contribution is -2.44. The fraction of sp³-hybridized carbons (Fsp3) is 0.200. The number of fused-ring (bicyclic) bond motifs is 1. The third kappa shape index (κ3) is 4.68. The van der Waals surface area contributed by atoms with Crippen molar-refractivity contribution in [3.63, 3.8) is 0 Å². The summed E-state index contributed by atoms with van der Waals surface area (Å²) in [4.78, 5) is 50.5. The van der Waals surface area contributed by atoms with Crippen molar-refractivity contribution in [1.29, 1.82) is 0 Å². The van der Waals surface area contributed by atoms with E-state index < -0.39 is 53.8 Å². The Hall–Kier alpha value is -2.53. The summed E-state index contributed by atoms with van der Waals surface area (Å²) in [6.45, 7) is 0.142. The molecule has 3 amide bonds. The SMILES string of the molecule is CC(C(=O)OCC(=O)Nc1ccccc1C(F)(F)F)N1C(=O)c2c(Cl)c(Cl)c(Cl)c(Cl)c2C1=O. The number of hydrogen-bond donors (Lipinski definition) is 1. The molecule has 0 aromatic heterocycles. The Kier molecular flexibility index (Phi) is 7.37. The van der Waals surface area contributed by atoms with Crippen molar-refractivity contribution in [2.24, 2.45) is 0 Å². The largest absolute Gasteiger partial charge is 0.454 e. The molecule has 1 N–H and O–H groups in total. The Balaban J connectivity index is 1.72. The first-order valence-corrected chi connectivity index (χ1v) is 10.6. The van der Waals surface area contributed by atoms with E-state index in [1.807, 2.05) is 5.32 Å². The summed E-state index contributed by atoms with van der Waals surface area (Å²) in [5.74, 6) is -4.28. The second-order valence-electron chi connectivity index (χ2n) is 6.86. The van der Waals surface area contributed by atoms with Crippen molar-refractivity contribution in [2.45, 2.75) is 19.1 Å². The molecule has 1 aliphatic heterocycles. The highest BCUT2D eigenvalue weighted by Gasteiger charge is 2.45. The zero-order chi connectivity index (χ0) is 25.5. The Morgan fingerprint density at radius 1 is 0.971 bits per heavy atom. The van der Waals surface area contributed by atoms with Crippen LogP contribution in [0.25, 0.3) is 0 Å². The number of rotatable bonds is 5. The standard InChI is InChI=1S/C20H11Cl4F3N2O5/c1-7(29-17(31)11-12(18(29)32)14(22)16(24)15(23)13(11)21)19(33)34-6-10(30)28-9-5-3-2-4-8(9)20(25,26)27/h2-5,7H,6H2,1H3,(H,28,30). The smallest absolute Gasteiger partial charge is 0.418 e. The van der Waals surface area contributed by atoms with Crippen LogP contribution in [0.1, 0.15) is 33.2 Å². The molecule has 2 aromatic rings. The van der Waals surface area contributed by atoms with Crippen molar-refractivity contribution < 1.29 is 37.1 Å². The van der Waals surface area contributed by atoms with Crippen LogP contribution in [0.3, 0.4) is 0 Å². The molecule has 0 fully saturated rings. The van der Waals surface area contributed by atoms with Gasteiger partial charge in [-0.15, -0.1) is 0 Å². The lowest BCUT2D eigenvalue weighted by Gasteiger charge is -2.21. The van der Waals surface area contributed by atoms with E-state index >= 15 is 0 Å². The Morgan fingerprint density at radius 2 is 1.47 bits per heavy atom. The quantitative estimate of drug-likeness (QED) is 0.227. The maximum Gasteiger partial charge on any atom is 0.418 e. The summed E-state index contributed by atoms with van der Waals surface area (Å²) in [7, 11) is 0. The van der Waals surface area contributed by atoms with Gasteiger partial charge in [-0.05, 0) is 19.1 Å². The third-order valence-corrected chi connectivity index (χ3v) is 6.51. The monoisotopic (exact) mass is 556 g/mol. The van der Waals surface area contributed by atoms with Gasteiger partial charge in [-0.25, -0.2) is 4.79 Å². The Morgan fingerprint density at radius 3 is 1.97 bits per heavy atom. The van der Waals surface area contributed by atoms with E-state index in [2.05, 4.69) is 0 Å². The third-order valence-electron chi connectivity index (χ3n) is 4.71. The second-order valence-corrected chi connectivity index (χ2v) is 8.37. The van der Waals surface area contributed by atoms with Crippen LogP contribution in [0.4, 0.5) is 18.9 Å². The van der Waals surface area contributed by atoms with Gasteiger partial charge in [-0.3, -0.25) is 19.3 Å². The van der Waals surface area contributed by atoms with Gasteiger partial charge < -0.3 is 10.1 Å². The highest BCUT2D eigenvalue weighted by molar-refractivity contribution is 6.55. The number of imide groups is 1. The van der Waals surface area contributed by atoms with Crippen LogP contribution >= 0.6 is 46.4 Å². The number of nitrogens with zero attached hydrogens (tertiary/aromatic N) is 1. The molecule has 0 saturated carbocycles. The number of benzene rings is 2. The van der Waals surface area contributed by atoms with E-state index in [0.717, 1.165) is 25.1 Å². The maximum absolute atomic E-state index is 13.0. The summed E-state index contributed by atoms with van der Waals surface area (Å²) in [5, 5.41) is 0.791. The number of carbonyl (C=O) groups excluding carboxylic acids is 4. The first kappa shape index (κ1) is 26.1. The highest BCUT2D eigenvalue weighted by Crippen LogP contribution is 2.45. The lowest BCUT2D eigenvalue weighted by atomic mass is 10.1. The number of esters is 1. The summed E-state index contributed by atoms with van der Waals surface area (Å²) in [6.07, 6.45) is -4.73. The second kappa shape index (κ2) is 9.61. The number of para-hydroxylation sites is 1. The zero-order valence-electron chi connectivity index (χ0n) is 16.7. The molecule has 0 saturated heterocycles. The van der Waals surface area contributed by atoms with Gasteiger partial charge in [0.1, 0.15) is 6.04 Å². The molecule has 0 spiro atoms. The molecule has 0 radical (unpaired) electrons. The fourth-order valence-electron chi connectivity index (χ4n) is 3.11. The van der Waals surface area contributed by atoms with Gasteiger partial charge in [0.2, 0.25) is 0 Å². The van der Waals surface area contributed by atoms with E-state index in [1.54, 1.807) is 0 Å². The van der Waals surface area contributed by atoms with Gasteiger partial charge in [0.15, 0.2) is 6.61 Å². The molecule has 34 heavy (non-hydrogen) atoms. The molecule has 1 atom stereocenters. The van der Waals surface area contributed by atoms with Crippen molar-refractivity contribution in [3.05, 3.63) is 61.0 Å². The van der Waals surface area contributed by atoms with E-state index in [1.165, 1.54) is 6.07 Å². The number of hydrogen-bond acceptors (Lipinski definition) is 5. The predicted octanol–water partition coefficient (Wildman–Crippen LogP) is 5.49. The molecule has 180 valence electrons. The number of ether oxygens (including phenoxy) is 1. The van der Waals surface area contributed by atoms with Crippen molar-refractivity contribution in [2.75, 3.05) is 11.9 Å². The first-order chi connectivity index (χ1) is 15.8. The number of amides is 3.